The number of benzene rings is 2. The number of hydrogen-bond donors (Lipinski definition) is 2. The minimum atomic E-state index is -0.811. The summed E-state index contributed by atoms with van der Waals surface area (Å²) in [7, 11) is 0. The molecule has 9 nitrogen and oxygen atoms in total. The number of amides is 4. The van der Waals surface area contributed by atoms with Gasteiger partial charge < -0.3 is 25.2 Å². The molecule has 4 atom stereocenters. The van der Waals surface area contributed by atoms with Gasteiger partial charge in [-0.3, -0.25) is 19.2 Å². The molecule has 3 aliphatic heterocycles. The third-order valence-corrected chi connectivity index (χ3v) is 8.18. The summed E-state index contributed by atoms with van der Waals surface area (Å²) in [5.41, 5.74) is 1.54. The molecule has 3 fully saturated rings. The number of nitrogens with one attached hydrogen (secondary N) is 2. The minimum absolute atomic E-state index is 0.00858. The van der Waals surface area contributed by atoms with Crippen LogP contribution in [0.15, 0.2) is 54.6 Å². The molecule has 2 aromatic rings. The molecule has 2 aromatic carbocycles. The van der Waals surface area contributed by atoms with E-state index in [1.807, 2.05) is 75.4 Å². The summed E-state index contributed by atoms with van der Waals surface area (Å²) in [6.45, 7) is 6.90. The Hall–Kier alpha value is -3.88. The van der Waals surface area contributed by atoms with Crippen LogP contribution in [0.5, 0.6) is 5.75 Å². The van der Waals surface area contributed by atoms with Crippen molar-refractivity contribution in [3.05, 3.63) is 65.7 Å². The van der Waals surface area contributed by atoms with E-state index in [0.717, 1.165) is 23.3 Å². The van der Waals surface area contributed by atoms with Gasteiger partial charge in [0, 0.05) is 32.0 Å². The van der Waals surface area contributed by atoms with Gasteiger partial charge in [0.15, 0.2) is 0 Å². The molecular weight excluding hydrogens is 532 g/mol. The van der Waals surface area contributed by atoms with Crippen molar-refractivity contribution in [2.24, 2.45) is 0 Å². The topological polar surface area (TPSA) is 108 Å². The third kappa shape index (κ3) is 7.12. The number of carbonyl (C=O) groups is 4. The molecule has 0 aromatic heterocycles. The molecule has 5 rings (SSSR count). The Kier molecular flexibility index (Phi) is 8.85. The van der Waals surface area contributed by atoms with Crippen LogP contribution in [0, 0.1) is 0 Å². The van der Waals surface area contributed by atoms with Gasteiger partial charge in [0.1, 0.15) is 29.5 Å². The minimum Gasteiger partial charge on any atom is -0.488 e. The molecule has 3 aliphatic rings. The first-order chi connectivity index (χ1) is 20.1. The van der Waals surface area contributed by atoms with Crippen LogP contribution in [-0.2, 0) is 32.0 Å². The molecule has 9 heteroatoms. The molecule has 3 heterocycles. The maximum atomic E-state index is 13.9. The molecule has 0 saturated carbocycles. The zero-order chi connectivity index (χ0) is 29.9. The Bertz CT molecular complexity index is 1290. The molecular formula is C33H42N4O5. The summed E-state index contributed by atoms with van der Waals surface area (Å²) in [6, 6.07) is 14.7. The molecule has 0 radical (unpaired) electrons. The van der Waals surface area contributed by atoms with Crippen LogP contribution in [0.4, 0.5) is 0 Å². The SMILES string of the molecule is CC(C)(C)Oc1ccc(C[C@H]2CC(=O)N[C@@H](Cc3ccccc3)C(=O)N3CCC[C@H]3C(=O)N3CCC[C@H]3C(=O)N2)cc1. The van der Waals surface area contributed by atoms with Crippen molar-refractivity contribution in [3.8, 4) is 5.75 Å². The van der Waals surface area contributed by atoms with Gasteiger partial charge in [-0.15, -0.1) is 0 Å². The lowest BCUT2D eigenvalue weighted by atomic mass is 10.0. The highest BCUT2D eigenvalue weighted by atomic mass is 16.5. The van der Waals surface area contributed by atoms with Gasteiger partial charge in [-0.2, -0.15) is 0 Å². The first-order valence-electron chi connectivity index (χ1n) is 15.1. The van der Waals surface area contributed by atoms with Gasteiger partial charge in [-0.05, 0) is 76.1 Å². The van der Waals surface area contributed by atoms with Gasteiger partial charge in [-0.1, -0.05) is 42.5 Å². The Labute approximate surface area is 248 Å². The summed E-state index contributed by atoms with van der Waals surface area (Å²) >= 11 is 0. The van der Waals surface area contributed by atoms with Crippen LogP contribution >= 0.6 is 0 Å². The van der Waals surface area contributed by atoms with Crippen molar-refractivity contribution in [2.75, 3.05) is 13.1 Å². The van der Waals surface area contributed by atoms with Crippen molar-refractivity contribution in [1.29, 1.82) is 0 Å². The Balaban J connectivity index is 1.42. The molecule has 0 bridgehead atoms. The summed E-state index contributed by atoms with van der Waals surface area (Å²) < 4.78 is 5.94. The van der Waals surface area contributed by atoms with Gasteiger partial charge in [0.25, 0.3) is 0 Å². The average Bonchev–Trinajstić information content (AvgIpc) is 3.63. The number of hydrogen-bond acceptors (Lipinski definition) is 5. The van der Waals surface area contributed by atoms with Gasteiger partial charge in [0.05, 0.1) is 0 Å². The quantitative estimate of drug-likeness (QED) is 0.571. The summed E-state index contributed by atoms with van der Waals surface area (Å²) in [4.78, 5) is 58.1. The van der Waals surface area contributed by atoms with E-state index < -0.39 is 24.2 Å². The number of fused-ring (bicyclic) bond motifs is 2. The Morgan fingerprint density at radius 2 is 1.38 bits per heavy atom. The lowest BCUT2D eigenvalue weighted by molar-refractivity contribution is -0.147. The highest BCUT2D eigenvalue weighted by Gasteiger charge is 2.44. The average molecular weight is 575 g/mol. The summed E-state index contributed by atoms with van der Waals surface area (Å²) in [5, 5.41) is 6.06. The fourth-order valence-electron chi connectivity index (χ4n) is 6.31. The fraction of sp³-hybridized carbons (Fsp3) is 0.515. The molecule has 224 valence electrons. The number of nitrogens with zero attached hydrogens (tertiary/aromatic N) is 2. The van der Waals surface area contributed by atoms with E-state index >= 15 is 0 Å². The van der Waals surface area contributed by atoms with Crippen LogP contribution < -0.4 is 15.4 Å². The van der Waals surface area contributed by atoms with Crippen LogP contribution in [0.3, 0.4) is 0 Å². The Morgan fingerprint density at radius 3 is 2.05 bits per heavy atom. The second-order valence-electron chi connectivity index (χ2n) is 12.7. The second-order valence-corrected chi connectivity index (χ2v) is 12.7. The Morgan fingerprint density at radius 1 is 0.762 bits per heavy atom. The third-order valence-electron chi connectivity index (χ3n) is 8.18. The highest BCUT2D eigenvalue weighted by molar-refractivity contribution is 5.95. The maximum absolute atomic E-state index is 13.9. The van der Waals surface area contributed by atoms with E-state index in [1.54, 1.807) is 9.80 Å². The van der Waals surface area contributed by atoms with Crippen molar-refractivity contribution < 1.29 is 23.9 Å². The molecule has 0 unspecified atom stereocenters. The number of rotatable bonds is 5. The van der Waals surface area contributed by atoms with Crippen LogP contribution in [0.2, 0.25) is 0 Å². The van der Waals surface area contributed by atoms with Gasteiger partial charge in [-0.25, -0.2) is 0 Å². The van der Waals surface area contributed by atoms with E-state index in [2.05, 4.69) is 10.6 Å². The van der Waals surface area contributed by atoms with Crippen molar-refractivity contribution in [1.82, 2.24) is 20.4 Å². The zero-order valence-electron chi connectivity index (χ0n) is 24.8. The van der Waals surface area contributed by atoms with E-state index in [1.165, 1.54) is 0 Å². The van der Waals surface area contributed by atoms with Gasteiger partial charge >= 0.3 is 0 Å². The predicted octanol–water partition coefficient (Wildman–Crippen LogP) is 3.00. The molecule has 0 spiro atoms. The normalized spacial score (nSPS) is 25.5. The smallest absolute Gasteiger partial charge is 0.246 e. The standard InChI is InChI=1S/C33H42N4O5/c1-33(2,3)42-25-15-13-23(14-16-25)19-24-21-29(38)35-26(20-22-9-5-4-6-10-22)31(40)37-18-8-12-28(37)32(41)36-17-7-11-27(36)30(39)34-24/h4-6,9-10,13-16,24,26-28H,7-8,11-12,17-21H2,1-3H3,(H,34,39)(H,35,38)/t24-,26-,27-,28-/m0/s1. The molecule has 0 aliphatic carbocycles. The molecule has 4 amide bonds. The zero-order valence-corrected chi connectivity index (χ0v) is 24.8. The molecule has 42 heavy (non-hydrogen) atoms. The molecule has 2 N–H and O–H groups in total. The highest BCUT2D eigenvalue weighted by Crippen LogP contribution is 2.27. The van der Waals surface area contributed by atoms with Crippen LogP contribution in [0.1, 0.15) is 64.0 Å². The van der Waals surface area contributed by atoms with Crippen molar-refractivity contribution in [2.45, 2.75) is 95.5 Å². The van der Waals surface area contributed by atoms with E-state index in [4.69, 9.17) is 4.74 Å². The summed E-state index contributed by atoms with van der Waals surface area (Å²) in [5.74, 6) is -0.239. The van der Waals surface area contributed by atoms with E-state index in [-0.39, 0.29) is 35.7 Å². The van der Waals surface area contributed by atoms with Gasteiger partial charge in [0.2, 0.25) is 23.6 Å². The first kappa shape index (κ1) is 29.6. The van der Waals surface area contributed by atoms with E-state index in [0.29, 0.717) is 45.2 Å². The molecule has 3 saturated heterocycles. The first-order valence-corrected chi connectivity index (χ1v) is 15.1. The lowest BCUT2D eigenvalue weighted by Gasteiger charge is -2.32. The monoisotopic (exact) mass is 574 g/mol. The fourth-order valence-corrected chi connectivity index (χ4v) is 6.31. The van der Waals surface area contributed by atoms with Crippen LogP contribution in [0.25, 0.3) is 0 Å². The van der Waals surface area contributed by atoms with E-state index in [9.17, 15) is 19.2 Å². The number of ether oxygens (including phenoxy) is 1. The van der Waals surface area contributed by atoms with Crippen molar-refractivity contribution >= 4 is 23.6 Å². The number of carbonyl (C=O) groups excluding carboxylic acids is 4. The van der Waals surface area contributed by atoms with Crippen molar-refractivity contribution in [3.63, 3.8) is 0 Å². The second kappa shape index (κ2) is 12.5. The lowest BCUT2D eigenvalue weighted by Crippen LogP contribution is -2.56. The summed E-state index contributed by atoms with van der Waals surface area (Å²) in [6.07, 6.45) is 3.30. The maximum Gasteiger partial charge on any atom is 0.246 e. The predicted molar refractivity (Wildman–Crippen MR) is 159 cm³/mol. The van der Waals surface area contributed by atoms with Crippen LogP contribution in [-0.4, -0.2) is 76.3 Å². The largest absolute Gasteiger partial charge is 0.488 e.